The first-order valence-corrected chi connectivity index (χ1v) is 9.91. The number of anilines is 1. The molecule has 5 rings (SSSR count). The van der Waals surface area contributed by atoms with Gasteiger partial charge in [-0.2, -0.15) is 0 Å². The van der Waals surface area contributed by atoms with Gasteiger partial charge in [-0.3, -0.25) is 4.79 Å². The van der Waals surface area contributed by atoms with Crippen molar-refractivity contribution in [2.75, 3.05) is 18.5 Å². The van der Waals surface area contributed by atoms with E-state index >= 15 is 0 Å². The van der Waals surface area contributed by atoms with E-state index in [-0.39, 0.29) is 5.91 Å². The van der Waals surface area contributed by atoms with Gasteiger partial charge in [-0.15, -0.1) is 0 Å². The number of aromatic nitrogens is 1. The van der Waals surface area contributed by atoms with E-state index < -0.39 is 5.41 Å². The fraction of sp³-hybridized carbons (Fsp3) is 0.391. The van der Waals surface area contributed by atoms with Crippen molar-refractivity contribution < 1.29 is 9.32 Å². The van der Waals surface area contributed by atoms with Gasteiger partial charge in [-0.25, -0.2) is 0 Å². The molecule has 2 aromatic rings. The van der Waals surface area contributed by atoms with Crippen LogP contribution in [0.5, 0.6) is 0 Å². The fourth-order valence-corrected chi connectivity index (χ4v) is 4.13. The van der Waals surface area contributed by atoms with Crippen LogP contribution in [0.25, 0.3) is 16.9 Å². The minimum atomic E-state index is -0.468. The number of amides is 1. The van der Waals surface area contributed by atoms with Crippen LogP contribution >= 0.6 is 0 Å². The monoisotopic (exact) mass is 375 g/mol. The lowest BCUT2D eigenvalue weighted by Crippen LogP contribution is -2.37. The van der Waals surface area contributed by atoms with Crippen LogP contribution in [-0.4, -0.2) is 35.6 Å². The zero-order valence-corrected chi connectivity index (χ0v) is 16.8. The molecular formula is C23H25N3O2. The van der Waals surface area contributed by atoms with Crippen molar-refractivity contribution in [2.45, 2.75) is 45.1 Å². The molecule has 1 saturated carbocycles. The Balaban J connectivity index is 1.51. The lowest BCUT2D eigenvalue weighted by Gasteiger charge is -2.22. The summed E-state index contributed by atoms with van der Waals surface area (Å²) in [5.74, 6) is 0.939. The summed E-state index contributed by atoms with van der Waals surface area (Å²) in [7, 11) is 2.08. The molecule has 1 amide bonds. The van der Waals surface area contributed by atoms with Crippen LogP contribution in [-0.2, 0) is 10.2 Å². The molecule has 0 radical (unpaired) electrons. The Morgan fingerprint density at radius 3 is 2.71 bits per heavy atom. The highest BCUT2D eigenvalue weighted by molar-refractivity contribution is 6.08. The quantitative estimate of drug-likeness (QED) is 0.800. The third kappa shape index (κ3) is 2.53. The number of carbonyl (C=O) groups is 1. The van der Waals surface area contributed by atoms with Crippen LogP contribution in [0, 0.1) is 0 Å². The Hall–Kier alpha value is -2.82. The van der Waals surface area contributed by atoms with Crippen LogP contribution in [0.3, 0.4) is 0 Å². The van der Waals surface area contributed by atoms with E-state index in [0.29, 0.717) is 6.04 Å². The molecule has 1 aromatic heterocycles. The van der Waals surface area contributed by atoms with E-state index in [9.17, 15) is 4.79 Å². The predicted molar refractivity (Wildman–Crippen MR) is 110 cm³/mol. The topological polar surface area (TPSA) is 49.6 Å². The van der Waals surface area contributed by atoms with Crippen molar-refractivity contribution >= 4 is 17.2 Å². The maximum absolute atomic E-state index is 13.0. The summed E-state index contributed by atoms with van der Waals surface area (Å²) in [5.41, 5.74) is 5.76. The molecule has 28 heavy (non-hydrogen) atoms. The first-order valence-electron chi connectivity index (χ1n) is 9.91. The normalized spacial score (nSPS) is 20.9. The van der Waals surface area contributed by atoms with Crippen LogP contribution < -0.4 is 4.90 Å². The van der Waals surface area contributed by atoms with Crippen molar-refractivity contribution in [2.24, 2.45) is 0 Å². The number of rotatable bonds is 3. The zero-order chi connectivity index (χ0) is 19.6. The van der Waals surface area contributed by atoms with Gasteiger partial charge < -0.3 is 14.3 Å². The van der Waals surface area contributed by atoms with Crippen LogP contribution in [0.1, 0.15) is 44.9 Å². The van der Waals surface area contributed by atoms with Crippen LogP contribution in [0.4, 0.5) is 5.69 Å². The van der Waals surface area contributed by atoms with E-state index in [2.05, 4.69) is 48.3 Å². The van der Waals surface area contributed by atoms with Gasteiger partial charge in [-0.05, 0) is 51.3 Å². The number of hydrogen-bond donors (Lipinski definition) is 0. The van der Waals surface area contributed by atoms with E-state index in [4.69, 9.17) is 4.52 Å². The zero-order valence-electron chi connectivity index (χ0n) is 16.8. The highest BCUT2D eigenvalue weighted by atomic mass is 16.5. The number of fused-ring (bicyclic) bond motifs is 1. The number of benzene rings is 1. The third-order valence-electron chi connectivity index (χ3n) is 6.24. The van der Waals surface area contributed by atoms with E-state index in [0.717, 1.165) is 53.2 Å². The minimum Gasteiger partial charge on any atom is -0.374 e. The molecule has 144 valence electrons. The van der Waals surface area contributed by atoms with Gasteiger partial charge in [0.05, 0.1) is 5.41 Å². The molecule has 0 unspecified atom stereocenters. The second kappa shape index (κ2) is 5.84. The Morgan fingerprint density at radius 1 is 1.21 bits per heavy atom. The second-order valence-electron chi connectivity index (χ2n) is 8.67. The number of nitrogens with zero attached hydrogens (tertiary/aromatic N) is 3. The lowest BCUT2D eigenvalue weighted by molar-refractivity contribution is -0.122. The molecule has 1 aromatic carbocycles. The molecule has 0 saturated heterocycles. The molecule has 3 heterocycles. The van der Waals surface area contributed by atoms with Gasteiger partial charge in [0, 0.05) is 48.2 Å². The van der Waals surface area contributed by atoms with Gasteiger partial charge in [-0.1, -0.05) is 23.4 Å². The highest BCUT2D eigenvalue weighted by Crippen LogP contribution is 2.47. The number of hydrogen-bond acceptors (Lipinski definition) is 4. The fourth-order valence-electron chi connectivity index (χ4n) is 4.13. The largest absolute Gasteiger partial charge is 0.374 e. The van der Waals surface area contributed by atoms with Crippen molar-refractivity contribution in [3.8, 4) is 11.3 Å². The summed E-state index contributed by atoms with van der Waals surface area (Å²) in [4.78, 5) is 17.1. The molecule has 5 nitrogen and oxygen atoms in total. The van der Waals surface area contributed by atoms with E-state index in [1.807, 2.05) is 30.9 Å². The smallest absolute Gasteiger partial charge is 0.237 e. The van der Waals surface area contributed by atoms with Crippen molar-refractivity contribution in [3.63, 3.8) is 0 Å². The summed E-state index contributed by atoms with van der Waals surface area (Å²) in [6, 6.07) is 8.55. The first kappa shape index (κ1) is 17.3. The summed E-state index contributed by atoms with van der Waals surface area (Å²) < 4.78 is 5.68. The lowest BCUT2D eigenvalue weighted by atomic mass is 9.86. The standard InChI is InChI=1S/C23H25N3O2/c1-14-11-15(9-10-25(14)4)19-13-21(28-24-19)16-5-8-18-20(12-16)26(17-6-7-17)22(27)23(18,2)3/h5,8-9,11-13,17H,6-7,10H2,1-4H3. The summed E-state index contributed by atoms with van der Waals surface area (Å²) in [6.07, 6.45) is 6.47. The van der Waals surface area contributed by atoms with Gasteiger partial charge in [0.25, 0.3) is 0 Å². The van der Waals surface area contributed by atoms with Gasteiger partial charge in [0.2, 0.25) is 5.91 Å². The van der Waals surface area contributed by atoms with E-state index in [1.165, 1.54) is 5.70 Å². The Kier molecular flexibility index (Phi) is 3.60. The molecular weight excluding hydrogens is 350 g/mol. The summed E-state index contributed by atoms with van der Waals surface area (Å²) in [6.45, 7) is 7.00. The predicted octanol–water partition coefficient (Wildman–Crippen LogP) is 4.36. The van der Waals surface area contributed by atoms with Gasteiger partial charge in [0.1, 0.15) is 5.69 Å². The average Bonchev–Trinajstić information content (AvgIpc) is 3.33. The number of allylic oxidation sites excluding steroid dienone is 3. The van der Waals surface area contributed by atoms with Crippen LogP contribution in [0.2, 0.25) is 0 Å². The van der Waals surface area contributed by atoms with Gasteiger partial charge >= 0.3 is 0 Å². The summed E-state index contributed by atoms with van der Waals surface area (Å²) >= 11 is 0. The SMILES string of the molecule is CC1=CC(c2cc(-c3ccc4c(c3)N(C3CC3)C(=O)C4(C)C)on2)=CCN1C. The van der Waals surface area contributed by atoms with E-state index in [1.54, 1.807) is 0 Å². The van der Waals surface area contributed by atoms with Gasteiger partial charge in [0.15, 0.2) is 5.76 Å². The molecule has 0 atom stereocenters. The van der Waals surface area contributed by atoms with Crippen molar-refractivity contribution in [3.05, 3.63) is 53.4 Å². The third-order valence-corrected chi connectivity index (χ3v) is 6.24. The maximum Gasteiger partial charge on any atom is 0.237 e. The number of carbonyl (C=O) groups excluding carboxylic acids is 1. The van der Waals surface area contributed by atoms with Crippen molar-refractivity contribution in [1.29, 1.82) is 0 Å². The molecule has 2 aliphatic heterocycles. The Labute approximate surface area is 165 Å². The Morgan fingerprint density at radius 2 is 2.00 bits per heavy atom. The highest BCUT2D eigenvalue weighted by Gasteiger charge is 2.49. The second-order valence-corrected chi connectivity index (χ2v) is 8.67. The minimum absolute atomic E-state index is 0.206. The van der Waals surface area contributed by atoms with Crippen LogP contribution in [0.15, 0.2) is 46.6 Å². The maximum atomic E-state index is 13.0. The molecule has 5 heteroatoms. The number of likely N-dealkylation sites (N-methyl/N-ethyl adjacent to an activating group) is 1. The molecule has 1 aliphatic carbocycles. The molecule has 1 fully saturated rings. The molecule has 0 spiro atoms. The molecule has 0 bridgehead atoms. The Bertz CT molecular complexity index is 1040. The first-order chi connectivity index (χ1) is 13.4. The average molecular weight is 375 g/mol. The molecule has 0 N–H and O–H groups in total. The molecule has 3 aliphatic rings. The summed E-state index contributed by atoms with van der Waals surface area (Å²) in [5, 5.41) is 4.29. The van der Waals surface area contributed by atoms with Crippen molar-refractivity contribution in [1.82, 2.24) is 10.1 Å².